The Morgan fingerprint density at radius 2 is 2.00 bits per heavy atom. The van der Waals surface area contributed by atoms with Crippen molar-refractivity contribution in [2.24, 2.45) is 5.73 Å². The Balaban J connectivity index is 1.83. The van der Waals surface area contributed by atoms with Crippen molar-refractivity contribution < 1.29 is 19.1 Å². The van der Waals surface area contributed by atoms with Crippen molar-refractivity contribution in [1.82, 2.24) is 14.7 Å². The van der Waals surface area contributed by atoms with Crippen LogP contribution in [0.25, 0.3) is 5.69 Å². The molecule has 1 saturated heterocycles. The van der Waals surface area contributed by atoms with E-state index in [1.165, 1.54) is 4.90 Å². The Hall–Kier alpha value is -2.87. The second-order valence-electron chi connectivity index (χ2n) is 5.77. The number of carbonyl (C=O) groups is 2. The molecule has 1 fully saturated rings. The Bertz CT molecular complexity index is 771. The average molecular weight is 344 g/mol. The minimum Gasteiger partial charge on any atom is -0.497 e. The normalized spacial score (nSPS) is 20.3. The molecular weight excluding hydrogens is 324 g/mol. The summed E-state index contributed by atoms with van der Waals surface area (Å²) >= 11 is 0. The van der Waals surface area contributed by atoms with Crippen LogP contribution < -0.4 is 10.5 Å². The van der Waals surface area contributed by atoms with Gasteiger partial charge in [-0.1, -0.05) is 0 Å². The SMILES string of the molecule is COc1ccc(-n2ccc(C(=O)N3CCO[C@H](C)[C@H]3C(N)=O)n2)cc1. The molecule has 2 aromatic rings. The number of morpholine rings is 1. The summed E-state index contributed by atoms with van der Waals surface area (Å²) in [6.07, 6.45) is 1.25. The number of hydrogen-bond acceptors (Lipinski definition) is 5. The topological polar surface area (TPSA) is 99.7 Å². The van der Waals surface area contributed by atoms with Gasteiger partial charge in [0.2, 0.25) is 5.91 Å². The van der Waals surface area contributed by atoms with E-state index >= 15 is 0 Å². The molecule has 1 aromatic carbocycles. The van der Waals surface area contributed by atoms with Crippen LogP contribution in [-0.2, 0) is 9.53 Å². The molecular formula is C17H20N4O4. The zero-order valence-electron chi connectivity index (χ0n) is 14.1. The first-order valence-electron chi connectivity index (χ1n) is 7.93. The van der Waals surface area contributed by atoms with Crippen molar-refractivity contribution in [2.45, 2.75) is 19.1 Å². The predicted molar refractivity (Wildman–Crippen MR) is 89.5 cm³/mol. The number of hydrogen-bond donors (Lipinski definition) is 1. The zero-order valence-corrected chi connectivity index (χ0v) is 14.1. The fourth-order valence-electron chi connectivity index (χ4n) is 2.90. The molecule has 2 N–H and O–H groups in total. The number of primary amides is 1. The number of carbonyl (C=O) groups excluding carboxylic acids is 2. The highest BCUT2D eigenvalue weighted by Crippen LogP contribution is 2.18. The van der Waals surface area contributed by atoms with Gasteiger partial charge in [-0.25, -0.2) is 4.68 Å². The summed E-state index contributed by atoms with van der Waals surface area (Å²) in [7, 11) is 1.60. The van der Waals surface area contributed by atoms with Crippen LogP contribution >= 0.6 is 0 Å². The second kappa shape index (κ2) is 6.94. The highest BCUT2D eigenvalue weighted by atomic mass is 16.5. The number of nitrogens with zero attached hydrogens (tertiary/aromatic N) is 3. The van der Waals surface area contributed by atoms with Gasteiger partial charge in [0, 0.05) is 12.7 Å². The van der Waals surface area contributed by atoms with Gasteiger partial charge in [-0.3, -0.25) is 9.59 Å². The third-order valence-electron chi connectivity index (χ3n) is 4.19. The van der Waals surface area contributed by atoms with Crippen LogP contribution in [0.3, 0.4) is 0 Å². The lowest BCUT2D eigenvalue weighted by Gasteiger charge is -2.37. The van der Waals surface area contributed by atoms with Gasteiger partial charge in [-0.05, 0) is 37.3 Å². The van der Waals surface area contributed by atoms with Crippen molar-refractivity contribution in [1.29, 1.82) is 0 Å². The lowest BCUT2D eigenvalue weighted by atomic mass is 10.1. The number of rotatable bonds is 4. The number of aromatic nitrogens is 2. The first kappa shape index (κ1) is 17.0. The van der Waals surface area contributed by atoms with Crippen LogP contribution in [0.15, 0.2) is 36.5 Å². The van der Waals surface area contributed by atoms with E-state index in [0.29, 0.717) is 13.2 Å². The second-order valence-corrected chi connectivity index (χ2v) is 5.77. The van der Waals surface area contributed by atoms with E-state index in [-0.39, 0.29) is 11.6 Å². The summed E-state index contributed by atoms with van der Waals surface area (Å²) in [6, 6.07) is 8.11. The summed E-state index contributed by atoms with van der Waals surface area (Å²) in [5.41, 5.74) is 6.48. The largest absolute Gasteiger partial charge is 0.497 e. The molecule has 0 unspecified atom stereocenters. The fourth-order valence-corrected chi connectivity index (χ4v) is 2.90. The number of methoxy groups -OCH3 is 1. The molecule has 0 saturated carbocycles. The van der Waals surface area contributed by atoms with Crippen LogP contribution in [0.4, 0.5) is 0 Å². The number of benzene rings is 1. The molecule has 8 nitrogen and oxygen atoms in total. The van der Waals surface area contributed by atoms with Crippen LogP contribution in [-0.4, -0.2) is 58.9 Å². The molecule has 132 valence electrons. The van der Waals surface area contributed by atoms with E-state index in [9.17, 15) is 9.59 Å². The summed E-state index contributed by atoms with van der Waals surface area (Å²) in [5, 5.41) is 4.32. The standard InChI is InChI=1S/C17H20N4O4/c1-11-15(16(18)22)20(9-10-25-11)17(23)14-7-8-21(19-14)12-3-5-13(24-2)6-4-12/h3-8,11,15H,9-10H2,1-2H3,(H2,18,22)/t11-,15+/m1/s1. The van der Waals surface area contributed by atoms with Gasteiger partial charge in [0.25, 0.3) is 5.91 Å². The van der Waals surface area contributed by atoms with Gasteiger partial charge >= 0.3 is 0 Å². The average Bonchev–Trinajstić information content (AvgIpc) is 3.10. The zero-order chi connectivity index (χ0) is 18.0. The van der Waals surface area contributed by atoms with E-state index < -0.39 is 18.1 Å². The van der Waals surface area contributed by atoms with Gasteiger partial charge in [0.15, 0.2) is 5.69 Å². The van der Waals surface area contributed by atoms with Gasteiger partial charge in [0.1, 0.15) is 11.8 Å². The predicted octanol–water partition coefficient (Wildman–Crippen LogP) is 0.596. The van der Waals surface area contributed by atoms with E-state index in [0.717, 1.165) is 11.4 Å². The molecule has 0 bridgehead atoms. The molecule has 1 aliphatic rings. The first-order chi connectivity index (χ1) is 12.0. The molecule has 0 radical (unpaired) electrons. The maximum absolute atomic E-state index is 12.8. The molecule has 8 heteroatoms. The van der Waals surface area contributed by atoms with E-state index in [4.69, 9.17) is 15.2 Å². The maximum Gasteiger partial charge on any atom is 0.275 e. The van der Waals surface area contributed by atoms with Crippen molar-refractivity contribution in [3.05, 3.63) is 42.2 Å². The minimum atomic E-state index is -0.799. The van der Waals surface area contributed by atoms with E-state index in [2.05, 4.69) is 5.10 Å². The molecule has 2 atom stereocenters. The Morgan fingerprint density at radius 1 is 1.28 bits per heavy atom. The third-order valence-corrected chi connectivity index (χ3v) is 4.19. The van der Waals surface area contributed by atoms with Crippen LogP contribution in [0, 0.1) is 0 Å². The minimum absolute atomic E-state index is 0.246. The number of amides is 2. The summed E-state index contributed by atoms with van der Waals surface area (Å²) in [5.74, 6) is -0.194. The molecule has 25 heavy (non-hydrogen) atoms. The molecule has 0 spiro atoms. The molecule has 3 rings (SSSR count). The van der Waals surface area contributed by atoms with Gasteiger partial charge in [0.05, 0.1) is 25.5 Å². The van der Waals surface area contributed by atoms with E-state index in [1.54, 1.807) is 31.0 Å². The lowest BCUT2D eigenvalue weighted by Crippen LogP contribution is -2.58. The maximum atomic E-state index is 12.8. The highest BCUT2D eigenvalue weighted by Gasteiger charge is 2.37. The molecule has 0 aliphatic carbocycles. The lowest BCUT2D eigenvalue weighted by molar-refractivity contribution is -0.132. The van der Waals surface area contributed by atoms with Crippen LogP contribution in [0.5, 0.6) is 5.75 Å². The molecule has 2 amide bonds. The quantitative estimate of drug-likeness (QED) is 0.875. The summed E-state index contributed by atoms with van der Waals surface area (Å²) in [6.45, 7) is 2.38. The Labute approximate surface area is 145 Å². The molecule has 1 aromatic heterocycles. The monoisotopic (exact) mass is 344 g/mol. The highest BCUT2D eigenvalue weighted by molar-refractivity contribution is 5.96. The van der Waals surface area contributed by atoms with Crippen LogP contribution in [0.1, 0.15) is 17.4 Å². The van der Waals surface area contributed by atoms with E-state index in [1.807, 2.05) is 24.3 Å². The van der Waals surface area contributed by atoms with Gasteiger partial charge in [-0.2, -0.15) is 5.10 Å². The number of nitrogens with two attached hydrogens (primary N) is 1. The van der Waals surface area contributed by atoms with Gasteiger partial charge in [-0.15, -0.1) is 0 Å². The van der Waals surface area contributed by atoms with Gasteiger partial charge < -0.3 is 20.1 Å². The first-order valence-corrected chi connectivity index (χ1v) is 7.93. The summed E-state index contributed by atoms with van der Waals surface area (Å²) in [4.78, 5) is 25.9. The van der Waals surface area contributed by atoms with Crippen molar-refractivity contribution >= 4 is 11.8 Å². The molecule has 2 heterocycles. The Morgan fingerprint density at radius 3 is 2.64 bits per heavy atom. The van der Waals surface area contributed by atoms with Crippen molar-refractivity contribution in [2.75, 3.05) is 20.3 Å². The number of ether oxygens (including phenoxy) is 2. The third kappa shape index (κ3) is 3.34. The van der Waals surface area contributed by atoms with Crippen LogP contribution in [0.2, 0.25) is 0 Å². The Kier molecular flexibility index (Phi) is 4.71. The smallest absolute Gasteiger partial charge is 0.275 e. The fraction of sp³-hybridized carbons (Fsp3) is 0.353. The van der Waals surface area contributed by atoms with Crippen molar-refractivity contribution in [3.63, 3.8) is 0 Å². The summed E-state index contributed by atoms with van der Waals surface area (Å²) < 4.78 is 12.2. The van der Waals surface area contributed by atoms with Crippen molar-refractivity contribution in [3.8, 4) is 11.4 Å². The molecule has 1 aliphatic heterocycles.